The third-order valence-electron chi connectivity index (χ3n) is 5.39. The molecule has 1 saturated heterocycles. The van der Waals surface area contributed by atoms with E-state index in [0.717, 1.165) is 10.9 Å². The van der Waals surface area contributed by atoms with Crippen LogP contribution in [0.25, 0.3) is 10.9 Å². The molecule has 1 aliphatic heterocycles. The van der Waals surface area contributed by atoms with Gasteiger partial charge in [0.25, 0.3) is 0 Å². The van der Waals surface area contributed by atoms with E-state index in [0.29, 0.717) is 36.3 Å². The first-order valence-electron chi connectivity index (χ1n) is 9.73. The molecule has 1 aromatic heterocycles. The number of fused-ring (bicyclic) bond motifs is 1. The highest BCUT2D eigenvalue weighted by Crippen LogP contribution is 2.31. The summed E-state index contributed by atoms with van der Waals surface area (Å²) in [5, 5.41) is 3.62. The molecule has 1 aliphatic rings. The van der Waals surface area contributed by atoms with Crippen LogP contribution in [0.3, 0.4) is 0 Å². The number of ether oxygens (including phenoxy) is 1. The van der Waals surface area contributed by atoms with E-state index in [-0.39, 0.29) is 10.8 Å². The number of nitrogens with zero attached hydrogens (tertiary/aromatic N) is 2. The van der Waals surface area contributed by atoms with Crippen molar-refractivity contribution in [2.24, 2.45) is 0 Å². The van der Waals surface area contributed by atoms with Gasteiger partial charge in [-0.2, -0.15) is 4.31 Å². The monoisotopic (exact) mass is 425 g/mol. The maximum Gasteiger partial charge on any atom is 0.245 e. The summed E-state index contributed by atoms with van der Waals surface area (Å²) in [4.78, 5) is 17.4. The molecule has 0 bridgehead atoms. The molecule has 8 heteroatoms. The van der Waals surface area contributed by atoms with E-state index < -0.39 is 16.1 Å². The Bertz CT molecular complexity index is 1200. The molecule has 1 amide bonds. The fourth-order valence-corrected chi connectivity index (χ4v) is 5.60. The van der Waals surface area contributed by atoms with Crippen LogP contribution in [-0.2, 0) is 14.8 Å². The standard InChI is InChI=1S/C22H23N3O4S/c1-15-10-11-17(29-2)14-18(15)24-22(26)19-8-5-13-25(19)30(27,28)20-9-3-6-16-7-4-12-23-21(16)20/h3-4,6-7,9-12,14,19H,5,8,13H2,1-2H3,(H,24,26). The number of nitrogens with one attached hydrogen (secondary N) is 1. The largest absolute Gasteiger partial charge is 0.497 e. The lowest BCUT2D eigenvalue weighted by Crippen LogP contribution is -2.43. The van der Waals surface area contributed by atoms with Crippen molar-refractivity contribution in [2.45, 2.75) is 30.7 Å². The number of methoxy groups -OCH3 is 1. The van der Waals surface area contributed by atoms with Crippen LogP contribution in [0.15, 0.2) is 59.6 Å². The number of aryl methyl sites for hydroxylation is 1. The lowest BCUT2D eigenvalue weighted by molar-refractivity contribution is -0.119. The fraction of sp³-hybridized carbons (Fsp3) is 0.273. The number of pyridine rings is 1. The maximum absolute atomic E-state index is 13.5. The summed E-state index contributed by atoms with van der Waals surface area (Å²) in [7, 11) is -2.33. The van der Waals surface area contributed by atoms with Gasteiger partial charge in [-0.3, -0.25) is 9.78 Å². The SMILES string of the molecule is COc1ccc(C)c(NC(=O)C2CCCN2S(=O)(=O)c2cccc3cccnc23)c1. The molecular formula is C22H23N3O4S. The second-order valence-electron chi connectivity index (χ2n) is 7.28. The van der Waals surface area contributed by atoms with Crippen LogP contribution in [0.1, 0.15) is 18.4 Å². The topological polar surface area (TPSA) is 88.6 Å². The predicted octanol–water partition coefficient (Wildman–Crippen LogP) is 3.34. The van der Waals surface area contributed by atoms with Gasteiger partial charge in [0.15, 0.2) is 0 Å². The third kappa shape index (κ3) is 3.64. The molecule has 2 aromatic carbocycles. The van der Waals surface area contributed by atoms with Gasteiger partial charge in [-0.05, 0) is 43.5 Å². The number of amides is 1. The first-order chi connectivity index (χ1) is 14.4. The molecule has 0 radical (unpaired) electrons. The average Bonchev–Trinajstić information content (AvgIpc) is 3.26. The number of aromatic nitrogens is 1. The number of anilines is 1. The molecule has 1 N–H and O–H groups in total. The Morgan fingerprint density at radius 1 is 1.20 bits per heavy atom. The third-order valence-corrected chi connectivity index (χ3v) is 7.33. The van der Waals surface area contributed by atoms with Crippen LogP contribution >= 0.6 is 0 Å². The summed E-state index contributed by atoms with van der Waals surface area (Å²) in [6.07, 6.45) is 2.65. The minimum atomic E-state index is -3.89. The Labute approximate surface area is 175 Å². The molecule has 4 rings (SSSR count). The van der Waals surface area contributed by atoms with E-state index in [9.17, 15) is 13.2 Å². The molecule has 0 saturated carbocycles. The lowest BCUT2D eigenvalue weighted by Gasteiger charge is -2.24. The summed E-state index contributed by atoms with van der Waals surface area (Å²) in [6.45, 7) is 2.17. The Hall–Kier alpha value is -2.97. The van der Waals surface area contributed by atoms with Crippen molar-refractivity contribution in [3.8, 4) is 5.75 Å². The van der Waals surface area contributed by atoms with Crippen molar-refractivity contribution in [3.63, 3.8) is 0 Å². The zero-order valence-corrected chi connectivity index (χ0v) is 17.6. The molecule has 30 heavy (non-hydrogen) atoms. The van der Waals surface area contributed by atoms with E-state index in [4.69, 9.17) is 4.74 Å². The smallest absolute Gasteiger partial charge is 0.245 e. The number of para-hydroxylation sites is 1. The molecular weight excluding hydrogens is 402 g/mol. The zero-order valence-electron chi connectivity index (χ0n) is 16.8. The first-order valence-corrected chi connectivity index (χ1v) is 11.2. The zero-order chi connectivity index (χ0) is 21.3. The van der Waals surface area contributed by atoms with Gasteiger partial charge < -0.3 is 10.1 Å². The number of hydrogen-bond donors (Lipinski definition) is 1. The molecule has 1 unspecified atom stereocenters. The van der Waals surface area contributed by atoms with Crippen molar-refractivity contribution in [3.05, 3.63) is 60.3 Å². The number of sulfonamides is 1. The van der Waals surface area contributed by atoms with Gasteiger partial charge in [-0.1, -0.05) is 24.3 Å². The Morgan fingerprint density at radius 3 is 2.80 bits per heavy atom. The Kier molecular flexibility index (Phi) is 5.44. The summed E-state index contributed by atoms with van der Waals surface area (Å²) in [5.74, 6) is 0.272. The highest BCUT2D eigenvalue weighted by molar-refractivity contribution is 7.89. The van der Waals surface area contributed by atoms with Gasteiger partial charge in [0.2, 0.25) is 15.9 Å². The Morgan fingerprint density at radius 2 is 2.00 bits per heavy atom. The number of benzene rings is 2. The average molecular weight is 426 g/mol. The van der Waals surface area contributed by atoms with E-state index in [1.807, 2.05) is 31.2 Å². The van der Waals surface area contributed by atoms with Crippen LogP contribution in [0.2, 0.25) is 0 Å². The van der Waals surface area contributed by atoms with Gasteiger partial charge in [0.05, 0.1) is 12.6 Å². The highest BCUT2D eigenvalue weighted by Gasteiger charge is 2.40. The maximum atomic E-state index is 13.5. The van der Waals surface area contributed by atoms with Crippen molar-refractivity contribution >= 4 is 32.5 Å². The second kappa shape index (κ2) is 8.04. The van der Waals surface area contributed by atoms with E-state index >= 15 is 0 Å². The lowest BCUT2D eigenvalue weighted by atomic mass is 10.1. The number of hydrogen-bond acceptors (Lipinski definition) is 5. The van der Waals surface area contributed by atoms with Crippen LogP contribution in [0.4, 0.5) is 5.69 Å². The first kappa shape index (κ1) is 20.3. The molecule has 3 aromatic rings. The fourth-order valence-electron chi connectivity index (χ4n) is 3.78. The minimum Gasteiger partial charge on any atom is -0.497 e. The molecule has 156 valence electrons. The second-order valence-corrected chi connectivity index (χ2v) is 9.13. The van der Waals surface area contributed by atoms with Gasteiger partial charge in [0, 0.05) is 29.9 Å². The van der Waals surface area contributed by atoms with Gasteiger partial charge in [-0.15, -0.1) is 0 Å². The molecule has 2 heterocycles. The van der Waals surface area contributed by atoms with Crippen molar-refractivity contribution in [1.29, 1.82) is 0 Å². The van der Waals surface area contributed by atoms with Gasteiger partial charge in [0.1, 0.15) is 16.7 Å². The summed E-state index contributed by atoms with van der Waals surface area (Å²) < 4.78 is 33.5. The van der Waals surface area contributed by atoms with Crippen molar-refractivity contribution < 1.29 is 17.9 Å². The van der Waals surface area contributed by atoms with Gasteiger partial charge in [-0.25, -0.2) is 8.42 Å². The van der Waals surface area contributed by atoms with Crippen LogP contribution in [0, 0.1) is 6.92 Å². The molecule has 0 aliphatic carbocycles. The van der Waals surface area contributed by atoms with Crippen molar-refractivity contribution in [2.75, 3.05) is 19.0 Å². The quantitative estimate of drug-likeness (QED) is 0.677. The van der Waals surface area contributed by atoms with E-state index in [1.165, 1.54) is 4.31 Å². The summed E-state index contributed by atoms with van der Waals surface area (Å²) in [6, 6.07) is 13.3. The van der Waals surface area contributed by atoms with E-state index in [2.05, 4.69) is 10.3 Å². The molecule has 0 spiro atoms. The van der Waals surface area contributed by atoms with Crippen LogP contribution in [0.5, 0.6) is 5.75 Å². The molecule has 1 atom stereocenters. The normalized spacial score (nSPS) is 17.2. The minimum absolute atomic E-state index is 0.123. The van der Waals surface area contributed by atoms with Crippen LogP contribution in [-0.4, -0.2) is 43.3 Å². The summed E-state index contributed by atoms with van der Waals surface area (Å²) >= 11 is 0. The molecule has 7 nitrogen and oxygen atoms in total. The van der Waals surface area contributed by atoms with Gasteiger partial charge >= 0.3 is 0 Å². The van der Waals surface area contributed by atoms with E-state index in [1.54, 1.807) is 37.6 Å². The number of carbonyl (C=O) groups is 1. The Balaban J connectivity index is 1.65. The van der Waals surface area contributed by atoms with Crippen LogP contribution < -0.4 is 10.1 Å². The number of carbonyl (C=O) groups excluding carboxylic acids is 1. The predicted molar refractivity (Wildman–Crippen MR) is 115 cm³/mol. The number of rotatable bonds is 5. The van der Waals surface area contributed by atoms with Crippen molar-refractivity contribution in [1.82, 2.24) is 9.29 Å². The molecule has 1 fully saturated rings. The highest BCUT2D eigenvalue weighted by atomic mass is 32.2. The summed E-state index contributed by atoms with van der Waals surface area (Å²) in [5.41, 5.74) is 1.89.